The van der Waals surface area contributed by atoms with Crippen molar-refractivity contribution in [3.05, 3.63) is 35.2 Å². The molecule has 2 N–H and O–H groups in total. The smallest absolute Gasteiger partial charge is 0.244 e. The number of hydrogen-bond donors (Lipinski definition) is 1. The monoisotopic (exact) mass is 249 g/mol. The van der Waals surface area contributed by atoms with Gasteiger partial charge in [-0.3, -0.25) is 0 Å². The fourth-order valence-corrected chi connectivity index (χ4v) is 1.96. The Morgan fingerprint density at radius 3 is 2.94 bits per heavy atom. The molecule has 17 heavy (non-hydrogen) atoms. The van der Waals surface area contributed by atoms with Crippen molar-refractivity contribution in [2.45, 2.75) is 18.9 Å². The maximum Gasteiger partial charge on any atom is 0.244 e. The predicted molar refractivity (Wildman–Crippen MR) is 64.4 cm³/mol. The minimum absolute atomic E-state index is 0.129. The molecule has 4 nitrogen and oxygen atoms in total. The van der Waals surface area contributed by atoms with Gasteiger partial charge in [0.2, 0.25) is 11.7 Å². The summed E-state index contributed by atoms with van der Waals surface area (Å²) in [5, 5.41) is 4.59. The molecule has 0 saturated heterocycles. The molecule has 0 bridgehead atoms. The number of benzene rings is 1. The van der Waals surface area contributed by atoms with Crippen molar-refractivity contribution in [3.8, 4) is 11.4 Å². The first-order valence-electron chi connectivity index (χ1n) is 5.59. The van der Waals surface area contributed by atoms with Crippen LogP contribution in [0, 0.1) is 5.92 Å². The molecule has 1 aromatic heterocycles. The Hall–Kier alpha value is -1.39. The third-order valence-electron chi connectivity index (χ3n) is 2.94. The lowest BCUT2D eigenvalue weighted by atomic mass is 10.2. The standard InChI is InChI=1S/C12H12ClN3O/c13-9-3-1-2-8(6-9)11-15-12(17-16-11)10(14)7-4-5-7/h1-3,6-7,10H,4-5,14H2. The molecule has 2 aromatic rings. The Labute approximate surface area is 104 Å². The highest BCUT2D eigenvalue weighted by molar-refractivity contribution is 6.30. The number of halogens is 1. The lowest BCUT2D eigenvalue weighted by Gasteiger charge is -2.01. The molecule has 1 heterocycles. The van der Waals surface area contributed by atoms with Crippen molar-refractivity contribution < 1.29 is 4.52 Å². The highest BCUT2D eigenvalue weighted by Crippen LogP contribution is 2.39. The molecule has 1 unspecified atom stereocenters. The summed E-state index contributed by atoms with van der Waals surface area (Å²) in [5.41, 5.74) is 6.84. The second-order valence-electron chi connectivity index (χ2n) is 4.33. The summed E-state index contributed by atoms with van der Waals surface area (Å²) in [7, 11) is 0. The van der Waals surface area contributed by atoms with Gasteiger partial charge in [0.1, 0.15) is 0 Å². The highest BCUT2D eigenvalue weighted by Gasteiger charge is 2.33. The molecule has 1 atom stereocenters. The van der Waals surface area contributed by atoms with Crippen LogP contribution in [0.3, 0.4) is 0 Å². The van der Waals surface area contributed by atoms with Gasteiger partial charge in [0.25, 0.3) is 0 Å². The summed E-state index contributed by atoms with van der Waals surface area (Å²) in [4.78, 5) is 4.32. The summed E-state index contributed by atoms with van der Waals surface area (Å²) in [6.45, 7) is 0. The van der Waals surface area contributed by atoms with Gasteiger partial charge in [-0.2, -0.15) is 4.98 Å². The van der Waals surface area contributed by atoms with Crippen LogP contribution in [0.15, 0.2) is 28.8 Å². The van der Waals surface area contributed by atoms with E-state index in [2.05, 4.69) is 10.1 Å². The first kappa shape index (κ1) is 10.7. The first-order valence-corrected chi connectivity index (χ1v) is 5.97. The van der Waals surface area contributed by atoms with E-state index in [9.17, 15) is 0 Å². The molecule has 88 valence electrons. The van der Waals surface area contributed by atoms with Crippen molar-refractivity contribution in [1.82, 2.24) is 10.1 Å². The zero-order chi connectivity index (χ0) is 11.8. The minimum Gasteiger partial charge on any atom is -0.337 e. The molecule has 1 aromatic carbocycles. The van der Waals surface area contributed by atoms with E-state index in [-0.39, 0.29) is 6.04 Å². The number of nitrogens with two attached hydrogens (primary N) is 1. The van der Waals surface area contributed by atoms with Gasteiger partial charge in [0, 0.05) is 10.6 Å². The Morgan fingerprint density at radius 2 is 2.24 bits per heavy atom. The average molecular weight is 250 g/mol. The van der Waals surface area contributed by atoms with Crippen LogP contribution in [0.5, 0.6) is 0 Å². The van der Waals surface area contributed by atoms with Crippen molar-refractivity contribution >= 4 is 11.6 Å². The lowest BCUT2D eigenvalue weighted by Crippen LogP contribution is -2.12. The van der Waals surface area contributed by atoms with E-state index in [0.29, 0.717) is 22.7 Å². The van der Waals surface area contributed by atoms with Gasteiger partial charge in [-0.1, -0.05) is 28.9 Å². The van der Waals surface area contributed by atoms with Crippen LogP contribution >= 0.6 is 11.6 Å². The maximum absolute atomic E-state index is 6.00. The van der Waals surface area contributed by atoms with Gasteiger partial charge in [-0.05, 0) is 30.9 Å². The van der Waals surface area contributed by atoms with Crippen LogP contribution in [-0.2, 0) is 0 Å². The maximum atomic E-state index is 6.00. The van der Waals surface area contributed by atoms with E-state index < -0.39 is 0 Å². The number of rotatable bonds is 3. The summed E-state index contributed by atoms with van der Waals surface area (Å²) < 4.78 is 5.19. The van der Waals surface area contributed by atoms with Crippen LogP contribution in [0.1, 0.15) is 24.8 Å². The summed E-state index contributed by atoms with van der Waals surface area (Å²) >= 11 is 5.91. The second kappa shape index (κ2) is 4.13. The normalized spacial score (nSPS) is 17.1. The zero-order valence-electron chi connectivity index (χ0n) is 9.14. The Kier molecular flexibility index (Phi) is 2.61. The van der Waals surface area contributed by atoms with E-state index >= 15 is 0 Å². The third-order valence-corrected chi connectivity index (χ3v) is 3.17. The number of aromatic nitrogens is 2. The number of hydrogen-bond acceptors (Lipinski definition) is 4. The Bertz CT molecular complexity index is 536. The number of nitrogens with zero attached hydrogens (tertiary/aromatic N) is 2. The van der Waals surface area contributed by atoms with Gasteiger partial charge in [-0.25, -0.2) is 0 Å². The van der Waals surface area contributed by atoms with Gasteiger partial charge in [-0.15, -0.1) is 0 Å². The van der Waals surface area contributed by atoms with Crippen molar-refractivity contribution in [3.63, 3.8) is 0 Å². The first-order chi connectivity index (χ1) is 8.24. The molecule has 1 aliphatic carbocycles. The quantitative estimate of drug-likeness (QED) is 0.908. The largest absolute Gasteiger partial charge is 0.337 e. The summed E-state index contributed by atoms with van der Waals surface area (Å²) in [6, 6.07) is 7.23. The Balaban J connectivity index is 1.89. The summed E-state index contributed by atoms with van der Waals surface area (Å²) in [6.07, 6.45) is 2.30. The SMILES string of the molecule is NC(c1nc(-c2cccc(Cl)c2)no1)C1CC1. The van der Waals surface area contributed by atoms with Crippen LogP contribution < -0.4 is 5.73 Å². The molecule has 1 fully saturated rings. The molecule has 5 heteroatoms. The van der Waals surface area contributed by atoms with Gasteiger partial charge < -0.3 is 10.3 Å². The van der Waals surface area contributed by atoms with Gasteiger partial charge in [0.15, 0.2) is 0 Å². The second-order valence-corrected chi connectivity index (χ2v) is 4.77. The van der Waals surface area contributed by atoms with Crippen LogP contribution in [-0.4, -0.2) is 10.1 Å². The molecular formula is C12H12ClN3O. The van der Waals surface area contributed by atoms with E-state index in [1.165, 1.54) is 0 Å². The average Bonchev–Trinajstić information content (AvgIpc) is 3.05. The van der Waals surface area contributed by atoms with Crippen molar-refractivity contribution in [1.29, 1.82) is 0 Å². The third kappa shape index (κ3) is 2.18. The van der Waals surface area contributed by atoms with Gasteiger partial charge >= 0.3 is 0 Å². The molecule has 1 aliphatic rings. The van der Waals surface area contributed by atoms with Crippen molar-refractivity contribution in [2.75, 3.05) is 0 Å². The topological polar surface area (TPSA) is 64.9 Å². The Morgan fingerprint density at radius 1 is 1.41 bits per heavy atom. The molecule has 3 rings (SSSR count). The molecule has 0 spiro atoms. The van der Waals surface area contributed by atoms with E-state index in [1.54, 1.807) is 6.07 Å². The van der Waals surface area contributed by atoms with Crippen LogP contribution in [0.2, 0.25) is 5.02 Å². The van der Waals surface area contributed by atoms with Crippen molar-refractivity contribution in [2.24, 2.45) is 11.7 Å². The fraction of sp³-hybridized carbons (Fsp3) is 0.333. The fourth-order valence-electron chi connectivity index (χ4n) is 1.77. The molecule has 1 saturated carbocycles. The summed E-state index contributed by atoms with van der Waals surface area (Å²) in [5.74, 6) is 1.56. The highest BCUT2D eigenvalue weighted by atomic mass is 35.5. The minimum atomic E-state index is -0.129. The molecule has 0 amide bonds. The molecule has 0 aliphatic heterocycles. The van der Waals surface area contributed by atoms with E-state index in [0.717, 1.165) is 18.4 Å². The molecular weight excluding hydrogens is 238 g/mol. The van der Waals surface area contributed by atoms with Crippen LogP contribution in [0.25, 0.3) is 11.4 Å². The zero-order valence-corrected chi connectivity index (χ0v) is 9.89. The van der Waals surface area contributed by atoms with Gasteiger partial charge in [0.05, 0.1) is 6.04 Å². The van der Waals surface area contributed by atoms with E-state index in [4.69, 9.17) is 21.9 Å². The van der Waals surface area contributed by atoms with Crippen LogP contribution in [0.4, 0.5) is 0 Å². The molecule has 0 radical (unpaired) electrons. The lowest BCUT2D eigenvalue weighted by molar-refractivity contribution is 0.343. The van der Waals surface area contributed by atoms with E-state index in [1.807, 2.05) is 18.2 Å². The predicted octanol–water partition coefficient (Wildman–Crippen LogP) is 2.80.